The van der Waals surface area contributed by atoms with Crippen LogP contribution in [0.25, 0.3) is 0 Å². The molecular formula is C23H26N2O7. The van der Waals surface area contributed by atoms with Gasteiger partial charge in [-0.1, -0.05) is 6.07 Å². The molecule has 0 unspecified atom stereocenters. The summed E-state index contributed by atoms with van der Waals surface area (Å²) in [6.07, 6.45) is -0.0374. The van der Waals surface area contributed by atoms with Crippen LogP contribution < -0.4 is 18.9 Å². The van der Waals surface area contributed by atoms with Crippen molar-refractivity contribution < 1.29 is 33.6 Å². The molecule has 1 amide bonds. The van der Waals surface area contributed by atoms with Crippen LogP contribution in [0.5, 0.6) is 23.0 Å². The van der Waals surface area contributed by atoms with Gasteiger partial charge in [0.25, 0.3) is 0 Å². The quantitative estimate of drug-likeness (QED) is 0.635. The standard InChI is InChI=1S/C23H26N2O7/c1-29-15-6-8-19(30-2)16(12-15)17-13-18(25(24-17)22(26)9-10-23(27)28)14-5-7-20(31-3)21(11-14)32-4/h5-8,11-12,18H,9-10,13H2,1-4H3,(H,27,28)/t18-/m1/s1. The average molecular weight is 442 g/mol. The highest BCUT2D eigenvalue weighted by molar-refractivity contribution is 6.05. The first kappa shape index (κ1) is 22.9. The molecular weight excluding hydrogens is 416 g/mol. The summed E-state index contributed by atoms with van der Waals surface area (Å²) in [5.74, 6) is 0.879. The van der Waals surface area contributed by atoms with Gasteiger partial charge < -0.3 is 24.1 Å². The van der Waals surface area contributed by atoms with Crippen molar-refractivity contribution >= 4 is 17.6 Å². The molecule has 1 N–H and O–H groups in total. The predicted molar refractivity (Wildman–Crippen MR) is 117 cm³/mol. The Bertz CT molecular complexity index is 1040. The molecule has 2 aromatic carbocycles. The van der Waals surface area contributed by atoms with E-state index in [0.29, 0.717) is 40.7 Å². The van der Waals surface area contributed by atoms with Crippen LogP contribution in [0, 0.1) is 0 Å². The van der Waals surface area contributed by atoms with E-state index in [1.807, 2.05) is 6.07 Å². The monoisotopic (exact) mass is 442 g/mol. The third-order valence-electron chi connectivity index (χ3n) is 5.23. The molecule has 0 radical (unpaired) electrons. The first-order chi connectivity index (χ1) is 15.4. The molecule has 9 nitrogen and oxygen atoms in total. The summed E-state index contributed by atoms with van der Waals surface area (Å²) >= 11 is 0. The lowest BCUT2D eigenvalue weighted by Gasteiger charge is -2.22. The molecule has 1 heterocycles. The van der Waals surface area contributed by atoms with Crippen LogP contribution in [0.1, 0.15) is 36.4 Å². The van der Waals surface area contributed by atoms with E-state index in [-0.39, 0.29) is 18.7 Å². The molecule has 0 fully saturated rings. The van der Waals surface area contributed by atoms with E-state index in [0.717, 1.165) is 5.56 Å². The molecule has 0 aliphatic carbocycles. The Balaban J connectivity index is 2.02. The van der Waals surface area contributed by atoms with Gasteiger partial charge in [0.15, 0.2) is 11.5 Å². The summed E-state index contributed by atoms with van der Waals surface area (Å²) in [6.45, 7) is 0. The molecule has 2 aromatic rings. The molecule has 1 aliphatic heterocycles. The highest BCUT2D eigenvalue weighted by atomic mass is 16.5. The highest BCUT2D eigenvalue weighted by Gasteiger charge is 2.34. The van der Waals surface area contributed by atoms with Gasteiger partial charge in [-0.05, 0) is 35.9 Å². The highest BCUT2D eigenvalue weighted by Crippen LogP contribution is 2.39. The van der Waals surface area contributed by atoms with E-state index in [9.17, 15) is 9.59 Å². The SMILES string of the molecule is COc1ccc(OC)c(C2=NN(C(=O)CCC(=O)O)[C@@H](c3ccc(OC)c(OC)c3)C2)c1. The zero-order chi connectivity index (χ0) is 23.3. The third kappa shape index (κ3) is 4.77. The maximum Gasteiger partial charge on any atom is 0.303 e. The number of carboxylic acid groups (broad SMARTS) is 1. The number of benzene rings is 2. The lowest BCUT2D eigenvalue weighted by atomic mass is 9.97. The minimum absolute atomic E-state index is 0.162. The van der Waals surface area contributed by atoms with Crippen LogP contribution in [0.3, 0.4) is 0 Å². The number of hydrogen-bond donors (Lipinski definition) is 1. The van der Waals surface area contributed by atoms with E-state index in [4.69, 9.17) is 24.1 Å². The number of carbonyl (C=O) groups excluding carboxylic acids is 1. The van der Waals surface area contributed by atoms with Gasteiger partial charge in [0.05, 0.1) is 46.6 Å². The first-order valence-electron chi connectivity index (χ1n) is 9.97. The number of hydrogen-bond acceptors (Lipinski definition) is 7. The maximum atomic E-state index is 12.9. The average Bonchev–Trinajstić information content (AvgIpc) is 3.27. The Kier molecular flexibility index (Phi) is 7.19. The number of hydrazone groups is 1. The number of aliphatic carboxylic acids is 1. The fourth-order valence-electron chi connectivity index (χ4n) is 3.59. The smallest absolute Gasteiger partial charge is 0.303 e. The van der Waals surface area contributed by atoms with Gasteiger partial charge in [-0.3, -0.25) is 9.59 Å². The van der Waals surface area contributed by atoms with Crippen molar-refractivity contribution in [2.24, 2.45) is 5.10 Å². The van der Waals surface area contributed by atoms with E-state index in [2.05, 4.69) is 5.10 Å². The molecule has 0 saturated carbocycles. The summed E-state index contributed by atoms with van der Waals surface area (Å²) in [5, 5.41) is 14.9. The van der Waals surface area contributed by atoms with Crippen LogP contribution in [-0.2, 0) is 9.59 Å². The van der Waals surface area contributed by atoms with E-state index in [1.54, 1.807) is 51.7 Å². The molecule has 0 spiro atoms. The first-order valence-corrected chi connectivity index (χ1v) is 9.97. The second kappa shape index (κ2) is 10.0. The van der Waals surface area contributed by atoms with Gasteiger partial charge in [-0.25, -0.2) is 5.01 Å². The maximum absolute atomic E-state index is 12.9. The van der Waals surface area contributed by atoms with E-state index >= 15 is 0 Å². The number of ether oxygens (including phenoxy) is 4. The summed E-state index contributed by atoms with van der Waals surface area (Å²) in [4.78, 5) is 23.9. The molecule has 3 rings (SSSR count). The zero-order valence-corrected chi connectivity index (χ0v) is 18.5. The van der Waals surface area contributed by atoms with Gasteiger partial charge in [0.2, 0.25) is 5.91 Å². The minimum atomic E-state index is -1.04. The third-order valence-corrected chi connectivity index (χ3v) is 5.23. The molecule has 1 atom stereocenters. The Morgan fingerprint density at radius 3 is 2.25 bits per heavy atom. The fourth-order valence-corrected chi connectivity index (χ4v) is 3.59. The van der Waals surface area contributed by atoms with Crippen LogP contribution in [0.2, 0.25) is 0 Å². The van der Waals surface area contributed by atoms with E-state index in [1.165, 1.54) is 12.1 Å². The molecule has 0 saturated heterocycles. The number of rotatable bonds is 9. The normalized spacial score (nSPS) is 15.2. The minimum Gasteiger partial charge on any atom is -0.497 e. The molecule has 1 aliphatic rings. The summed E-state index contributed by atoms with van der Waals surface area (Å²) < 4.78 is 21.5. The number of methoxy groups -OCH3 is 4. The molecule has 9 heteroatoms. The molecule has 32 heavy (non-hydrogen) atoms. The van der Waals surface area contributed by atoms with Crippen LogP contribution >= 0.6 is 0 Å². The number of carbonyl (C=O) groups is 2. The van der Waals surface area contributed by atoms with Gasteiger partial charge in [-0.2, -0.15) is 5.10 Å². The lowest BCUT2D eigenvalue weighted by Crippen LogP contribution is -2.27. The molecule has 0 aromatic heterocycles. The van der Waals surface area contributed by atoms with Crippen molar-refractivity contribution in [3.05, 3.63) is 47.5 Å². The van der Waals surface area contributed by atoms with Crippen molar-refractivity contribution in [3.8, 4) is 23.0 Å². The topological polar surface area (TPSA) is 107 Å². The van der Waals surface area contributed by atoms with Crippen LogP contribution in [0.15, 0.2) is 41.5 Å². The summed E-state index contributed by atoms with van der Waals surface area (Å²) in [6, 6.07) is 10.3. The predicted octanol–water partition coefficient (Wildman–Crippen LogP) is 3.26. The lowest BCUT2D eigenvalue weighted by molar-refractivity contribution is -0.141. The number of carboxylic acids is 1. The Morgan fingerprint density at radius 1 is 0.938 bits per heavy atom. The Labute approximate surface area is 186 Å². The Morgan fingerprint density at radius 2 is 1.62 bits per heavy atom. The van der Waals surface area contributed by atoms with Crippen molar-refractivity contribution in [2.45, 2.75) is 25.3 Å². The second-order valence-electron chi connectivity index (χ2n) is 7.08. The second-order valence-corrected chi connectivity index (χ2v) is 7.08. The zero-order valence-electron chi connectivity index (χ0n) is 18.5. The van der Waals surface area contributed by atoms with Crippen molar-refractivity contribution in [3.63, 3.8) is 0 Å². The van der Waals surface area contributed by atoms with Gasteiger partial charge >= 0.3 is 5.97 Å². The number of amides is 1. The largest absolute Gasteiger partial charge is 0.497 e. The number of nitrogens with zero attached hydrogens (tertiary/aromatic N) is 2. The molecule has 170 valence electrons. The van der Waals surface area contributed by atoms with Gasteiger partial charge in [-0.15, -0.1) is 0 Å². The van der Waals surface area contributed by atoms with E-state index < -0.39 is 12.0 Å². The van der Waals surface area contributed by atoms with Gasteiger partial charge in [0, 0.05) is 18.4 Å². The Hall–Kier alpha value is -3.75. The summed E-state index contributed by atoms with van der Waals surface area (Å²) in [7, 11) is 6.21. The van der Waals surface area contributed by atoms with Gasteiger partial charge in [0.1, 0.15) is 11.5 Å². The van der Waals surface area contributed by atoms with Crippen molar-refractivity contribution in [2.75, 3.05) is 28.4 Å². The van der Waals surface area contributed by atoms with Crippen LogP contribution in [-0.4, -0.2) is 56.1 Å². The molecule has 0 bridgehead atoms. The van der Waals surface area contributed by atoms with Crippen molar-refractivity contribution in [1.82, 2.24) is 5.01 Å². The van der Waals surface area contributed by atoms with Crippen molar-refractivity contribution in [1.29, 1.82) is 0 Å². The van der Waals surface area contributed by atoms with Crippen LogP contribution in [0.4, 0.5) is 0 Å². The fraction of sp³-hybridized carbons (Fsp3) is 0.348. The summed E-state index contributed by atoms with van der Waals surface area (Å²) in [5.41, 5.74) is 2.11.